The maximum absolute atomic E-state index is 10.5. The number of ether oxygens (including phenoxy) is 1. The predicted molar refractivity (Wildman–Crippen MR) is 61.2 cm³/mol. The number of hydrogen-bond acceptors (Lipinski definition) is 3. The molecule has 0 heterocycles. The molecule has 0 unspecified atom stereocenters. The molecular formula is C12H22O4. The van der Waals surface area contributed by atoms with Crippen molar-refractivity contribution in [2.45, 2.75) is 58.3 Å². The van der Waals surface area contributed by atoms with E-state index in [0.29, 0.717) is 0 Å². The average molecular weight is 230 g/mol. The fraction of sp³-hybridized carbons (Fsp3) is 0.833. The zero-order valence-electron chi connectivity index (χ0n) is 10.0. The standard InChI is InChI=1S/C12H22O4/c1-2-3-4-5-6-7-8-9-10-16-12(15)11(13)14/h2-10H2,1H3,(H,13,14). The van der Waals surface area contributed by atoms with Crippen LogP contribution in [0.15, 0.2) is 0 Å². The van der Waals surface area contributed by atoms with E-state index >= 15 is 0 Å². The van der Waals surface area contributed by atoms with Gasteiger partial charge in [-0.2, -0.15) is 0 Å². The molecule has 0 amide bonds. The normalized spacial score (nSPS) is 10.1. The Balaban J connectivity index is 3.10. The van der Waals surface area contributed by atoms with Gasteiger partial charge in [-0.1, -0.05) is 51.9 Å². The molecule has 0 aromatic rings. The number of carboxylic acids is 1. The fourth-order valence-electron chi connectivity index (χ4n) is 1.46. The third kappa shape index (κ3) is 9.49. The van der Waals surface area contributed by atoms with Gasteiger partial charge in [-0.25, -0.2) is 9.59 Å². The average Bonchev–Trinajstić information content (AvgIpc) is 2.26. The minimum atomic E-state index is -1.51. The van der Waals surface area contributed by atoms with Gasteiger partial charge in [0.2, 0.25) is 0 Å². The third-order valence-electron chi connectivity index (χ3n) is 2.41. The Labute approximate surface area is 97.0 Å². The quantitative estimate of drug-likeness (QED) is 0.376. The zero-order chi connectivity index (χ0) is 12.2. The van der Waals surface area contributed by atoms with Crippen molar-refractivity contribution in [1.29, 1.82) is 0 Å². The maximum atomic E-state index is 10.5. The summed E-state index contributed by atoms with van der Waals surface area (Å²) in [6.07, 6.45) is 9.22. The molecule has 0 rings (SSSR count). The van der Waals surface area contributed by atoms with Gasteiger partial charge in [-0.15, -0.1) is 0 Å². The molecule has 0 radical (unpaired) electrons. The molecule has 0 fully saturated rings. The highest BCUT2D eigenvalue weighted by Gasteiger charge is 2.11. The van der Waals surface area contributed by atoms with Crippen LogP contribution in [0, 0.1) is 0 Å². The first kappa shape index (κ1) is 14.9. The van der Waals surface area contributed by atoms with E-state index in [1.54, 1.807) is 0 Å². The summed E-state index contributed by atoms with van der Waals surface area (Å²) in [6.45, 7) is 2.41. The fourth-order valence-corrected chi connectivity index (χ4v) is 1.46. The Morgan fingerprint density at radius 1 is 0.938 bits per heavy atom. The second kappa shape index (κ2) is 10.5. The van der Waals surface area contributed by atoms with Crippen LogP contribution < -0.4 is 0 Å². The van der Waals surface area contributed by atoms with Gasteiger partial charge in [0, 0.05) is 0 Å². The number of unbranched alkanes of at least 4 members (excludes halogenated alkanes) is 7. The first-order chi connectivity index (χ1) is 7.68. The van der Waals surface area contributed by atoms with E-state index in [1.165, 1.54) is 32.1 Å². The molecule has 0 bridgehead atoms. The number of carbonyl (C=O) groups is 2. The van der Waals surface area contributed by atoms with E-state index in [0.717, 1.165) is 19.3 Å². The molecule has 0 saturated carbocycles. The summed E-state index contributed by atoms with van der Waals surface area (Å²) in [4.78, 5) is 20.6. The van der Waals surface area contributed by atoms with Gasteiger partial charge in [-0.3, -0.25) is 0 Å². The lowest BCUT2D eigenvalue weighted by molar-refractivity contribution is -0.163. The number of carbonyl (C=O) groups excluding carboxylic acids is 1. The summed E-state index contributed by atoms with van der Waals surface area (Å²) in [6, 6.07) is 0. The zero-order valence-corrected chi connectivity index (χ0v) is 10.0. The Morgan fingerprint density at radius 2 is 1.44 bits per heavy atom. The van der Waals surface area contributed by atoms with Gasteiger partial charge >= 0.3 is 11.9 Å². The van der Waals surface area contributed by atoms with Crippen LogP contribution in [0.1, 0.15) is 58.3 Å². The molecule has 0 aromatic carbocycles. The molecular weight excluding hydrogens is 208 g/mol. The number of aliphatic carboxylic acids is 1. The van der Waals surface area contributed by atoms with Crippen molar-refractivity contribution in [3.05, 3.63) is 0 Å². The van der Waals surface area contributed by atoms with Gasteiger partial charge in [0.15, 0.2) is 0 Å². The summed E-state index contributed by atoms with van der Waals surface area (Å²) in [7, 11) is 0. The topological polar surface area (TPSA) is 63.6 Å². The van der Waals surface area contributed by atoms with Crippen molar-refractivity contribution >= 4 is 11.9 Å². The van der Waals surface area contributed by atoms with Crippen LogP contribution in [0.25, 0.3) is 0 Å². The van der Waals surface area contributed by atoms with Crippen LogP contribution in [0.3, 0.4) is 0 Å². The van der Waals surface area contributed by atoms with E-state index in [9.17, 15) is 9.59 Å². The molecule has 4 heteroatoms. The minimum absolute atomic E-state index is 0.222. The Kier molecular flexibility index (Phi) is 9.76. The van der Waals surface area contributed by atoms with E-state index in [1.807, 2.05) is 0 Å². The van der Waals surface area contributed by atoms with Crippen molar-refractivity contribution in [3.63, 3.8) is 0 Å². The molecule has 0 atom stereocenters. The predicted octanol–water partition coefficient (Wildman–Crippen LogP) is 2.75. The van der Waals surface area contributed by atoms with Gasteiger partial charge in [0.05, 0.1) is 6.61 Å². The lowest BCUT2D eigenvalue weighted by atomic mass is 10.1. The summed E-state index contributed by atoms with van der Waals surface area (Å²) in [5, 5.41) is 8.23. The molecule has 4 nitrogen and oxygen atoms in total. The Hall–Kier alpha value is -1.06. The van der Waals surface area contributed by atoms with Crippen LogP contribution in [0.4, 0.5) is 0 Å². The van der Waals surface area contributed by atoms with Crippen molar-refractivity contribution in [3.8, 4) is 0 Å². The highest BCUT2D eigenvalue weighted by molar-refractivity contribution is 6.28. The van der Waals surface area contributed by atoms with Crippen LogP contribution >= 0.6 is 0 Å². The first-order valence-electron chi connectivity index (χ1n) is 6.08. The first-order valence-corrected chi connectivity index (χ1v) is 6.08. The third-order valence-corrected chi connectivity index (χ3v) is 2.41. The Bertz CT molecular complexity index is 201. The number of hydrogen-bond donors (Lipinski definition) is 1. The molecule has 0 aromatic heterocycles. The Morgan fingerprint density at radius 3 is 1.94 bits per heavy atom. The number of rotatable bonds is 9. The number of esters is 1. The maximum Gasteiger partial charge on any atom is 0.417 e. The summed E-state index contributed by atoms with van der Waals surface area (Å²) in [5.41, 5.74) is 0. The SMILES string of the molecule is CCCCCCCCCCOC(=O)C(=O)O. The molecule has 0 aliphatic carbocycles. The van der Waals surface area contributed by atoms with Crippen molar-refractivity contribution in [2.75, 3.05) is 6.61 Å². The van der Waals surface area contributed by atoms with E-state index in [-0.39, 0.29) is 6.61 Å². The van der Waals surface area contributed by atoms with E-state index in [4.69, 9.17) is 5.11 Å². The van der Waals surface area contributed by atoms with Crippen molar-refractivity contribution in [1.82, 2.24) is 0 Å². The molecule has 0 aliphatic heterocycles. The molecule has 94 valence electrons. The van der Waals surface area contributed by atoms with Crippen LogP contribution in [0.5, 0.6) is 0 Å². The summed E-state index contributed by atoms with van der Waals surface area (Å²) < 4.78 is 4.51. The second-order valence-corrected chi connectivity index (χ2v) is 3.92. The lowest BCUT2D eigenvalue weighted by Gasteiger charge is -2.02. The molecule has 0 spiro atoms. The minimum Gasteiger partial charge on any atom is -0.473 e. The van der Waals surface area contributed by atoms with Crippen molar-refractivity contribution in [2.24, 2.45) is 0 Å². The molecule has 16 heavy (non-hydrogen) atoms. The van der Waals surface area contributed by atoms with Crippen LogP contribution in [0.2, 0.25) is 0 Å². The summed E-state index contributed by atoms with van der Waals surface area (Å²) in [5.74, 6) is -2.66. The van der Waals surface area contributed by atoms with E-state index in [2.05, 4.69) is 11.7 Å². The lowest BCUT2D eigenvalue weighted by Crippen LogP contribution is -2.16. The highest BCUT2D eigenvalue weighted by Crippen LogP contribution is 2.08. The van der Waals surface area contributed by atoms with Crippen LogP contribution in [-0.4, -0.2) is 23.7 Å². The number of carboxylic acid groups (broad SMARTS) is 1. The second-order valence-electron chi connectivity index (χ2n) is 3.92. The van der Waals surface area contributed by atoms with Crippen LogP contribution in [-0.2, 0) is 14.3 Å². The smallest absolute Gasteiger partial charge is 0.417 e. The van der Waals surface area contributed by atoms with Gasteiger partial charge < -0.3 is 9.84 Å². The molecule has 0 aliphatic rings. The highest BCUT2D eigenvalue weighted by atomic mass is 16.6. The van der Waals surface area contributed by atoms with Gasteiger partial charge in [0.25, 0.3) is 0 Å². The molecule has 1 N–H and O–H groups in total. The van der Waals surface area contributed by atoms with Crippen molar-refractivity contribution < 1.29 is 19.4 Å². The largest absolute Gasteiger partial charge is 0.473 e. The van der Waals surface area contributed by atoms with Gasteiger partial charge in [0.1, 0.15) is 0 Å². The monoisotopic (exact) mass is 230 g/mol. The van der Waals surface area contributed by atoms with Gasteiger partial charge in [-0.05, 0) is 6.42 Å². The molecule has 0 saturated heterocycles. The summed E-state index contributed by atoms with van der Waals surface area (Å²) >= 11 is 0. The van der Waals surface area contributed by atoms with E-state index < -0.39 is 11.9 Å².